The van der Waals surface area contributed by atoms with Gasteiger partial charge < -0.3 is 10.6 Å². The molecular formula is C17H20BrN3O3. The Morgan fingerprint density at radius 2 is 2.04 bits per heavy atom. The summed E-state index contributed by atoms with van der Waals surface area (Å²) in [7, 11) is 0. The van der Waals surface area contributed by atoms with Crippen LogP contribution in [0, 0.1) is 5.92 Å². The predicted octanol–water partition coefficient (Wildman–Crippen LogP) is 2.89. The molecule has 1 aromatic carbocycles. The number of hydrogen-bond donors (Lipinski definition) is 2. The first-order valence-electron chi connectivity index (χ1n) is 8.12. The van der Waals surface area contributed by atoms with Gasteiger partial charge in [-0.05, 0) is 43.0 Å². The van der Waals surface area contributed by atoms with Crippen LogP contribution in [0.25, 0.3) is 0 Å². The molecule has 0 aromatic heterocycles. The monoisotopic (exact) mass is 393 g/mol. The quantitative estimate of drug-likeness (QED) is 0.774. The van der Waals surface area contributed by atoms with Crippen molar-refractivity contribution in [2.75, 3.05) is 11.9 Å². The lowest BCUT2D eigenvalue weighted by molar-refractivity contribution is -0.136. The number of hydrogen-bond acceptors (Lipinski definition) is 3. The second-order valence-electron chi connectivity index (χ2n) is 6.49. The number of carbonyl (C=O) groups excluding carboxylic acids is 3. The molecule has 1 spiro atoms. The van der Waals surface area contributed by atoms with Crippen LogP contribution in [0.4, 0.5) is 10.5 Å². The van der Waals surface area contributed by atoms with E-state index in [0.717, 1.165) is 28.6 Å². The Morgan fingerprint density at radius 1 is 1.33 bits per heavy atom. The fraction of sp³-hybridized carbons (Fsp3) is 0.471. The van der Waals surface area contributed by atoms with Crippen LogP contribution in [0.3, 0.4) is 0 Å². The van der Waals surface area contributed by atoms with E-state index in [2.05, 4.69) is 26.6 Å². The van der Waals surface area contributed by atoms with Gasteiger partial charge in [0.2, 0.25) is 5.91 Å². The van der Waals surface area contributed by atoms with E-state index >= 15 is 0 Å². The van der Waals surface area contributed by atoms with Crippen molar-refractivity contribution >= 4 is 39.5 Å². The topological polar surface area (TPSA) is 78.5 Å². The molecule has 7 heteroatoms. The number of urea groups is 1. The van der Waals surface area contributed by atoms with E-state index in [1.54, 1.807) is 12.1 Å². The van der Waals surface area contributed by atoms with E-state index < -0.39 is 11.6 Å². The molecule has 1 aliphatic heterocycles. The molecule has 1 heterocycles. The third-order valence-electron chi connectivity index (χ3n) is 4.93. The first-order chi connectivity index (χ1) is 11.4. The number of amides is 4. The average molecular weight is 394 g/mol. The van der Waals surface area contributed by atoms with Crippen molar-refractivity contribution in [1.29, 1.82) is 0 Å². The molecule has 1 aromatic rings. The van der Waals surface area contributed by atoms with Crippen LogP contribution >= 0.6 is 15.9 Å². The summed E-state index contributed by atoms with van der Waals surface area (Å²) >= 11 is 3.33. The summed E-state index contributed by atoms with van der Waals surface area (Å²) in [5, 5.41) is 5.55. The van der Waals surface area contributed by atoms with Gasteiger partial charge in [-0.3, -0.25) is 14.5 Å². The maximum absolute atomic E-state index is 12.8. The number of imide groups is 1. The standard InChI is InChI=1S/C17H20BrN3O3/c1-11-4-2-3-9-17(11)15(23)21(16(24)20-17)10-14(22)19-13-7-5-12(18)6-8-13/h5-8,11H,2-4,9-10H2,1H3,(H,19,22)(H,20,24)/t11-,17-/m1/s1. The smallest absolute Gasteiger partial charge is 0.325 e. The van der Waals surface area contributed by atoms with E-state index in [0.29, 0.717) is 12.1 Å². The maximum atomic E-state index is 12.8. The highest BCUT2D eigenvalue weighted by molar-refractivity contribution is 9.10. The van der Waals surface area contributed by atoms with E-state index in [9.17, 15) is 14.4 Å². The lowest BCUT2D eigenvalue weighted by Gasteiger charge is -2.36. The van der Waals surface area contributed by atoms with Crippen molar-refractivity contribution < 1.29 is 14.4 Å². The summed E-state index contributed by atoms with van der Waals surface area (Å²) in [5.41, 5.74) is -0.205. The number of nitrogens with zero attached hydrogens (tertiary/aromatic N) is 1. The van der Waals surface area contributed by atoms with E-state index in [-0.39, 0.29) is 24.3 Å². The summed E-state index contributed by atoms with van der Waals surface area (Å²) in [4.78, 5) is 38.3. The first kappa shape index (κ1) is 17.0. The SMILES string of the molecule is C[C@@H]1CCCC[C@@]12NC(=O)N(CC(=O)Nc1ccc(Br)cc1)C2=O. The Kier molecular flexibility index (Phi) is 4.62. The fourth-order valence-electron chi connectivity index (χ4n) is 3.52. The van der Waals surface area contributed by atoms with Crippen LogP contribution in [-0.4, -0.2) is 34.8 Å². The van der Waals surface area contributed by atoms with Gasteiger partial charge >= 0.3 is 6.03 Å². The molecule has 0 radical (unpaired) electrons. The number of rotatable bonds is 3. The van der Waals surface area contributed by atoms with Crippen molar-refractivity contribution in [2.24, 2.45) is 5.92 Å². The summed E-state index contributed by atoms with van der Waals surface area (Å²) in [5.74, 6) is -0.575. The Hall–Kier alpha value is -1.89. The number of anilines is 1. The van der Waals surface area contributed by atoms with Crippen LogP contribution in [0.2, 0.25) is 0 Å². The van der Waals surface area contributed by atoms with Crippen molar-refractivity contribution in [3.63, 3.8) is 0 Å². The second-order valence-corrected chi connectivity index (χ2v) is 7.41. The lowest BCUT2D eigenvalue weighted by atomic mass is 9.73. The zero-order valence-electron chi connectivity index (χ0n) is 13.5. The van der Waals surface area contributed by atoms with Gasteiger partial charge in [0, 0.05) is 10.2 Å². The van der Waals surface area contributed by atoms with Gasteiger partial charge in [-0.15, -0.1) is 0 Å². The minimum Gasteiger partial charge on any atom is -0.325 e. The minimum absolute atomic E-state index is 0.0854. The zero-order valence-corrected chi connectivity index (χ0v) is 15.1. The molecule has 3 rings (SSSR count). The third-order valence-corrected chi connectivity index (χ3v) is 5.46. The van der Waals surface area contributed by atoms with E-state index in [1.807, 2.05) is 19.1 Å². The molecule has 6 nitrogen and oxygen atoms in total. The molecule has 2 aliphatic rings. The van der Waals surface area contributed by atoms with E-state index in [4.69, 9.17) is 0 Å². The van der Waals surface area contributed by atoms with Crippen LogP contribution in [-0.2, 0) is 9.59 Å². The highest BCUT2D eigenvalue weighted by Crippen LogP contribution is 2.38. The van der Waals surface area contributed by atoms with Crippen molar-refractivity contribution in [1.82, 2.24) is 10.2 Å². The molecule has 2 atom stereocenters. The number of nitrogens with one attached hydrogen (secondary N) is 2. The van der Waals surface area contributed by atoms with Gasteiger partial charge in [0.15, 0.2) is 0 Å². The predicted molar refractivity (Wildman–Crippen MR) is 93.4 cm³/mol. The molecule has 1 aliphatic carbocycles. The highest BCUT2D eigenvalue weighted by Gasteiger charge is 2.55. The van der Waals surface area contributed by atoms with Crippen LogP contribution in [0.1, 0.15) is 32.6 Å². The molecule has 4 amide bonds. The van der Waals surface area contributed by atoms with Crippen LogP contribution in [0.15, 0.2) is 28.7 Å². The summed E-state index contributed by atoms with van der Waals surface area (Å²) in [6.45, 7) is 1.72. The normalized spacial score (nSPS) is 26.6. The molecule has 2 N–H and O–H groups in total. The van der Waals surface area contributed by atoms with E-state index in [1.165, 1.54) is 0 Å². The fourth-order valence-corrected chi connectivity index (χ4v) is 3.78. The molecule has 2 fully saturated rings. The molecule has 1 saturated heterocycles. The van der Waals surface area contributed by atoms with Gasteiger partial charge in [0.05, 0.1) is 0 Å². The van der Waals surface area contributed by atoms with Gasteiger partial charge in [-0.25, -0.2) is 4.79 Å². The minimum atomic E-state index is -0.826. The maximum Gasteiger partial charge on any atom is 0.325 e. The largest absolute Gasteiger partial charge is 0.325 e. The summed E-state index contributed by atoms with van der Waals surface area (Å²) < 4.78 is 0.905. The van der Waals surface area contributed by atoms with Crippen LogP contribution in [0.5, 0.6) is 0 Å². The molecule has 0 unspecified atom stereocenters. The zero-order chi connectivity index (χ0) is 17.3. The Morgan fingerprint density at radius 3 is 2.71 bits per heavy atom. The summed E-state index contributed by atoms with van der Waals surface area (Å²) in [6, 6.07) is 6.64. The Balaban J connectivity index is 1.68. The molecule has 1 saturated carbocycles. The van der Waals surface area contributed by atoms with Gasteiger partial charge in [-0.2, -0.15) is 0 Å². The first-order valence-corrected chi connectivity index (χ1v) is 8.91. The van der Waals surface area contributed by atoms with Crippen molar-refractivity contribution in [3.05, 3.63) is 28.7 Å². The Labute approximate surface area is 149 Å². The summed E-state index contributed by atoms with van der Waals surface area (Å²) in [6.07, 6.45) is 3.53. The van der Waals surface area contributed by atoms with Gasteiger partial charge in [0.1, 0.15) is 12.1 Å². The van der Waals surface area contributed by atoms with Gasteiger partial charge in [-0.1, -0.05) is 35.7 Å². The number of halogens is 1. The second kappa shape index (κ2) is 6.55. The highest BCUT2D eigenvalue weighted by atomic mass is 79.9. The van der Waals surface area contributed by atoms with Gasteiger partial charge in [0.25, 0.3) is 5.91 Å². The average Bonchev–Trinajstić information content (AvgIpc) is 2.78. The van der Waals surface area contributed by atoms with Crippen LogP contribution < -0.4 is 10.6 Å². The molecular weight excluding hydrogens is 374 g/mol. The molecule has 24 heavy (non-hydrogen) atoms. The third kappa shape index (κ3) is 3.05. The lowest BCUT2D eigenvalue weighted by Crippen LogP contribution is -2.54. The number of carbonyl (C=O) groups is 3. The molecule has 0 bridgehead atoms. The Bertz CT molecular complexity index is 676. The number of benzene rings is 1. The van der Waals surface area contributed by atoms with Crippen molar-refractivity contribution in [3.8, 4) is 0 Å². The molecule has 128 valence electrons. The van der Waals surface area contributed by atoms with Crippen molar-refractivity contribution in [2.45, 2.75) is 38.1 Å².